The Balaban J connectivity index is 2.02. The maximum absolute atomic E-state index is 13.1. The van der Waals surface area contributed by atoms with Crippen LogP contribution in [-0.4, -0.2) is 35.4 Å². The third-order valence-electron chi connectivity index (χ3n) is 4.28. The lowest BCUT2D eigenvalue weighted by Crippen LogP contribution is -2.42. The summed E-state index contributed by atoms with van der Waals surface area (Å²) in [7, 11) is 1.73. The second-order valence-corrected chi connectivity index (χ2v) is 6.26. The largest absolute Gasteiger partial charge is 0.382 e. The number of hydrogen-bond donors (Lipinski definition) is 3. The number of nitriles is 1. The Morgan fingerprint density at radius 2 is 2.11 bits per heavy atom. The molecule has 27 heavy (non-hydrogen) atoms. The first-order valence-corrected chi connectivity index (χ1v) is 9.00. The van der Waals surface area contributed by atoms with Gasteiger partial charge in [-0.2, -0.15) is 10.4 Å². The molecule has 2 rings (SSSR count). The Labute approximate surface area is 159 Å². The van der Waals surface area contributed by atoms with Crippen LogP contribution in [0, 0.1) is 17.1 Å². The fourth-order valence-corrected chi connectivity index (χ4v) is 2.55. The van der Waals surface area contributed by atoms with Crippen LogP contribution >= 0.6 is 0 Å². The highest BCUT2D eigenvalue weighted by Crippen LogP contribution is 2.21. The number of nitrogens with zero attached hydrogens (tertiary/aromatic N) is 4. The molecule has 4 N–H and O–H groups in total. The van der Waals surface area contributed by atoms with Gasteiger partial charge in [0.1, 0.15) is 23.3 Å². The number of rotatable bonds is 7. The maximum Gasteiger partial charge on any atom is 0.191 e. The number of halogens is 1. The van der Waals surface area contributed by atoms with Crippen molar-refractivity contribution >= 4 is 11.8 Å². The van der Waals surface area contributed by atoms with Gasteiger partial charge in [0.05, 0.1) is 11.4 Å². The minimum atomic E-state index is -0.337. The van der Waals surface area contributed by atoms with Crippen LogP contribution in [0.4, 0.5) is 10.2 Å². The minimum absolute atomic E-state index is 0.265. The summed E-state index contributed by atoms with van der Waals surface area (Å²) in [6.45, 7) is 4.89. The highest BCUT2D eigenvalue weighted by atomic mass is 19.1. The average Bonchev–Trinajstić information content (AvgIpc) is 2.99. The highest BCUT2D eigenvalue weighted by molar-refractivity contribution is 5.79. The second kappa shape index (κ2) is 9.57. The molecular weight excluding hydrogens is 345 g/mol. The van der Waals surface area contributed by atoms with Gasteiger partial charge in [-0.3, -0.25) is 4.99 Å². The number of benzene rings is 1. The zero-order chi connectivity index (χ0) is 19.8. The van der Waals surface area contributed by atoms with E-state index < -0.39 is 0 Å². The number of hydrogen-bond acceptors (Lipinski definition) is 4. The van der Waals surface area contributed by atoms with E-state index in [1.165, 1.54) is 16.8 Å². The van der Waals surface area contributed by atoms with E-state index in [1.807, 2.05) is 0 Å². The third kappa shape index (κ3) is 5.20. The van der Waals surface area contributed by atoms with Gasteiger partial charge < -0.3 is 16.4 Å². The van der Waals surface area contributed by atoms with Crippen LogP contribution in [0.1, 0.15) is 37.9 Å². The Morgan fingerprint density at radius 1 is 1.41 bits per heavy atom. The molecule has 0 aliphatic heterocycles. The van der Waals surface area contributed by atoms with Crippen LogP contribution in [0.15, 0.2) is 29.3 Å². The monoisotopic (exact) mass is 371 g/mol. The van der Waals surface area contributed by atoms with Crippen LogP contribution in [0.25, 0.3) is 5.69 Å². The minimum Gasteiger partial charge on any atom is -0.382 e. The van der Waals surface area contributed by atoms with E-state index in [1.54, 1.807) is 19.2 Å². The van der Waals surface area contributed by atoms with E-state index in [2.05, 4.69) is 40.6 Å². The molecule has 0 radical (unpaired) electrons. The smallest absolute Gasteiger partial charge is 0.191 e. The predicted octanol–water partition coefficient (Wildman–Crippen LogP) is 2.36. The Hall–Kier alpha value is -3.08. The zero-order valence-corrected chi connectivity index (χ0v) is 16.0. The summed E-state index contributed by atoms with van der Waals surface area (Å²) in [5, 5.41) is 20.4. The van der Waals surface area contributed by atoms with Crippen molar-refractivity contribution in [2.45, 2.75) is 39.2 Å². The molecule has 8 heteroatoms. The Kier molecular flexibility index (Phi) is 7.17. The molecule has 0 spiro atoms. The summed E-state index contributed by atoms with van der Waals surface area (Å²) in [4.78, 5) is 4.19. The first-order valence-electron chi connectivity index (χ1n) is 9.00. The Bertz CT molecular complexity index is 818. The van der Waals surface area contributed by atoms with Crippen molar-refractivity contribution in [2.24, 2.45) is 4.99 Å². The van der Waals surface area contributed by atoms with Gasteiger partial charge >= 0.3 is 0 Å². The van der Waals surface area contributed by atoms with Gasteiger partial charge in [0.25, 0.3) is 0 Å². The second-order valence-electron chi connectivity index (χ2n) is 6.26. The van der Waals surface area contributed by atoms with Crippen molar-refractivity contribution in [3.05, 3.63) is 41.3 Å². The standard InChI is InChI=1S/C19H26FN7/c1-4-13(2)25-19(23-3)24-11-5-6-17-16(12-21)18(22)27(26-17)15-9-7-14(20)8-10-15/h7-10,13H,4-6,11,22H2,1-3H3,(H2,23,24,25). The van der Waals surface area contributed by atoms with Crippen molar-refractivity contribution in [1.82, 2.24) is 20.4 Å². The molecule has 1 atom stereocenters. The van der Waals surface area contributed by atoms with Gasteiger partial charge in [0.2, 0.25) is 0 Å². The van der Waals surface area contributed by atoms with Gasteiger partial charge in [0, 0.05) is 19.6 Å². The molecule has 144 valence electrons. The number of nitrogens with two attached hydrogens (primary N) is 1. The first kappa shape index (κ1) is 20.2. The summed E-state index contributed by atoms with van der Waals surface area (Å²) >= 11 is 0. The molecule has 1 unspecified atom stereocenters. The molecule has 0 aliphatic carbocycles. The van der Waals surface area contributed by atoms with Crippen molar-refractivity contribution < 1.29 is 4.39 Å². The molecule has 0 bridgehead atoms. The van der Waals surface area contributed by atoms with Gasteiger partial charge in [-0.05, 0) is 50.5 Å². The number of aliphatic imine (C=N–C) groups is 1. The number of anilines is 1. The lowest BCUT2D eigenvalue weighted by atomic mass is 10.1. The van der Waals surface area contributed by atoms with Gasteiger partial charge in [0.15, 0.2) is 5.96 Å². The normalized spacial score (nSPS) is 12.5. The van der Waals surface area contributed by atoms with E-state index in [-0.39, 0.29) is 11.6 Å². The SMILES string of the molecule is CCC(C)NC(=NC)NCCCc1nn(-c2ccc(F)cc2)c(N)c1C#N. The Morgan fingerprint density at radius 3 is 2.70 bits per heavy atom. The quantitative estimate of drug-likeness (QED) is 0.394. The van der Waals surface area contributed by atoms with Gasteiger partial charge in [-0.25, -0.2) is 9.07 Å². The zero-order valence-electron chi connectivity index (χ0n) is 16.0. The number of aryl methyl sites for hydroxylation is 1. The molecule has 0 fully saturated rings. The summed E-state index contributed by atoms with van der Waals surface area (Å²) in [6, 6.07) is 8.29. The summed E-state index contributed by atoms with van der Waals surface area (Å²) in [6.07, 6.45) is 2.36. The molecule has 2 aromatic rings. The van der Waals surface area contributed by atoms with E-state index in [4.69, 9.17) is 5.73 Å². The van der Waals surface area contributed by atoms with Crippen molar-refractivity contribution in [3.63, 3.8) is 0 Å². The molecule has 0 aliphatic rings. The first-order chi connectivity index (χ1) is 13.0. The van der Waals surface area contributed by atoms with E-state index in [0.717, 1.165) is 18.8 Å². The van der Waals surface area contributed by atoms with Crippen molar-refractivity contribution in [1.29, 1.82) is 5.26 Å². The van der Waals surface area contributed by atoms with Crippen molar-refractivity contribution in [3.8, 4) is 11.8 Å². The fourth-order valence-electron chi connectivity index (χ4n) is 2.55. The molecule has 0 saturated heterocycles. The van der Waals surface area contributed by atoms with Crippen LogP contribution in [0.2, 0.25) is 0 Å². The fraction of sp³-hybridized carbons (Fsp3) is 0.421. The van der Waals surface area contributed by atoms with Crippen LogP contribution in [-0.2, 0) is 6.42 Å². The summed E-state index contributed by atoms with van der Waals surface area (Å²) in [5.41, 5.74) is 7.68. The third-order valence-corrected chi connectivity index (χ3v) is 4.28. The average molecular weight is 371 g/mol. The summed E-state index contributed by atoms with van der Waals surface area (Å²) in [5.74, 6) is 0.679. The van der Waals surface area contributed by atoms with Crippen LogP contribution in [0.5, 0.6) is 0 Å². The molecule has 1 aromatic carbocycles. The van der Waals surface area contributed by atoms with Gasteiger partial charge in [-0.1, -0.05) is 6.92 Å². The molecule has 7 nitrogen and oxygen atoms in total. The molecule has 1 aromatic heterocycles. The number of aromatic nitrogens is 2. The van der Waals surface area contributed by atoms with E-state index >= 15 is 0 Å². The maximum atomic E-state index is 13.1. The van der Waals surface area contributed by atoms with Crippen LogP contribution < -0.4 is 16.4 Å². The molecule has 0 saturated carbocycles. The number of guanidine groups is 1. The van der Waals surface area contributed by atoms with Crippen LogP contribution in [0.3, 0.4) is 0 Å². The number of nitrogen functional groups attached to an aromatic ring is 1. The summed E-state index contributed by atoms with van der Waals surface area (Å²) < 4.78 is 14.6. The lowest BCUT2D eigenvalue weighted by Gasteiger charge is -2.16. The van der Waals surface area contributed by atoms with E-state index in [0.29, 0.717) is 36.0 Å². The topological polar surface area (TPSA) is 104 Å². The molecule has 0 amide bonds. The molecular formula is C19H26FN7. The predicted molar refractivity (Wildman–Crippen MR) is 105 cm³/mol. The lowest BCUT2D eigenvalue weighted by molar-refractivity contribution is 0.619. The molecule has 1 heterocycles. The highest BCUT2D eigenvalue weighted by Gasteiger charge is 2.16. The van der Waals surface area contributed by atoms with Gasteiger partial charge in [-0.15, -0.1) is 0 Å². The number of nitrogens with one attached hydrogen (secondary N) is 2. The van der Waals surface area contributed by atoms with Crippen molar-refractivity contribution in [2.75, 3.05) is 19.3 Å². The van der Waals surface area contributed by atoms with E-state index in [9.17, 15) is 9.65 Å².